The molecule has 0 aromatic heterocycles. The minimum atomic E-state index is 0.0321. The van der Waals surface area contributed by atoms with Gasteiger partial charge in [0.2, 0.25) is 5.91 Å². The minimum absolute atomic E-state index is 0.0321. The topological polar surface area (TPSA) is 58.4 Å². The van der Waals surface area contributed by atoms with Crippen molar-refractivity contribution in [2.75, 3.05) is 24.1 Å². The molecule has 0 radical (unpaired) electrons. The van der Waals surface area contributed by atoms with Gasteiger partial charge in [-0.25, -0.2) is 0 Å². The first-order chi connectivity index (χ1) is 9.06. The van der Waals surface area contributed by atoms with Crippen molar-refractivity contribution in [2.45, 2.75) is 32.7 Å². The lowest BCUT2D eigenvalue weighted by atomic mass is 10.1. The van der Waals surface area contributed by atoms with E-state index in [-0.39, 0.29) is 5.91 Å². The quantitative estimate of drug-likeness (QED) is 0.818. The van der Waals surface area contributed by atoms with E-state index in [1.807, 2.05) is 18.2 Å². The molecule has 1 heterocycles. The van der Waals surface area contributed by atoms with E-state index in [0.717, 1.165) is 19.0 Å². The second-order valence-electron chi connectivity index (χ2n) is 5.57. The minimum Gasteiger partial charge on any atom is -0.397 e. The molecule has 4 nitrogen and oxygen atoms in total. The van der Waals surface area contributed by atoms with Crippen LogP contribution in [0.15, 0.2) is 24.3 Å². The molecule has 3 N–H and O–H groups in total. The van der Waals surface area contributed by atoms with E-state index in [1.165, 1.54) is 6.42 Å². The number of amides is 1. The number of rotatable bonds is 4. The lowest BCUT2D eigenvalue weighted by Gasteiger charge is -2.20. The standard InChI is InChI=1S/C15H23N3O/c1-11-9-12(2)18(10-11)8-7-15(19)17-14-6-4-3-5-13(14)16/h3-6,11-12H,7-10,16H2,1-2H3,(H,17,19). The van der Waals surface area contributed by atoms with Crippen molar-refractivity contribution < 1.29 is 4.79 Å². The van der Waals surface area contributed by atoms with Crippen LogP contribution in [0.1, 0.15) is 26.7 Å². The molecule has 1 aliphatic rings. The highest BCUT2D eigenvalue weighted by Gasteiger charge is 2.25. The Morgan fingerprint density at radius 2 is 2.16 bits per heavy atom. The number of likely N-dealkylation sites (tertiary alicyclic amines) is 1. The number of carbonyl (C=O) groups is 1. The maximum Gasteiger partial charge on any atom is 0.225 e. The van der Waals surface area contributed by atoms with Gasteiger partial charge < -0.3 is 11.1 Å². The summed E-state index contributed by atoms with van der Waals surface area (Å²) in [6, 6.07) is 7.94. The van der Waals surface area contributed by atoms with Crippen LogP contribution in [0, 0.1) is 5.92 Å². The lowest BCUT2D eigenvalue weighted by molar-refractivity contribution is -0.116. The first-order valence-corrected chi connectivity index (χ1v) is 6.94. The van der Waals surface area contributed by atoms with Gasteiger partial charge in [-0.05, 0) is 31.4 Å². The number of nitrogens with zero attached hydrogens (tertiary/aromatic N) is 1. The van der Waals surface area contributed by atoms with Crippen LogP contribution in [0.4, 0.5) is 11.4 Å². The van der Waals surface area contributed by atoms with E-state index in [1.54, 1.807) is 6.07 Å². The van der Waals surface area contributed by atoms with Crippen LogP contribution in [0.5, 0.6) is 0 Å². The fourth-order valence-corrected chi connectivity index (χ4v) is 2.77. The third-order valence-electron chi connectivity index (χ3n) is 3.77. The summed E-state index contributed by atoms with van der Waals surface area (Å²) in [5.74, 6) is 0.771. The van der Waals surface area contributed by atoms with E-state index in [2.05, 4.69) is 24.1 Å². The average molecular weight is 261 g/mol. The third kappa shape index (κ3) is 3.70. The zero-order valence-electron chi connectivity index (χ0n) is 11.7. The summed E-state index contributed by atoms with van der Waals surface area (Å²) in [4.78, 5) is 14.3. The molecule has 4 heteroatoms. The summed E-state index contributed by atoms with van der Waals surface area (Å²) in [6.07, 6.45) is 1.75. The Morgan fingerprint density at radius 1 is 1.42 bits per heavy atom. The molecule has 1 aromatic carbocycles. The van der Waals surface area contributed by atoms with E-state index in [0.29, 0.717) is 23.8 Å². The Kier molecular flexibility index (Phi) is 4.43. The molecule has 1 aromatic rings. The molecule has 2 rings (SSSR count). The van der Waals surface area contributed by atoms with Gasteiger partial charge in [-0.15, -0.1) is 0 Å². The first-order valence-electron chi connectivity index (χ1n) is 6.94. The Bertz CT molecular complexity index is 447. The zero-order chi connectivity index (χ0) is 13.8. The van der Waals surface area contributed by atoms with Crippen LogP contribution in [-0.4, -0.2) is 29.9 Å². The van der Waals surface area contributed by atoms with Gasteiger partial charge in [-0.1, -0.05) is 19.1 Å². The van der Waals surface area contributed by atoms with Crippen molar-refractivity contribution in [1.29, 1.82) is 0 Å². The maximum absolute atomic E-state index is 11.9. The van der Waals surface area contributed by atoms with Gasteiger partial charge >= 0.3 is 0 Å². The predicted molar refractivity (Wildman–Crippen MR) is 78.9 cm³/mol. The Balaban J connectivity index is 1.81. The zero-order valence-corrected chi connectivity index (χ0v) is 11.7. The first kappa shape index (κ1) is 13.9. The van der Waals surface area contributed by atoms with Gasteiger partial charge in [0.25, 0.3) is 0 Å². The summed E-state index contributed by atoms with van der Waals surface area (Å²) < 4.78 is 0. The molecule has 19 heavy (non-hydrogen) atoms. The lowest BCUT2D eigenvalue weighted by Crippen LogP contribution is -2.30. The maximum atomic E-state index is 11.9. The Hall–Kier alpha value is -1.55. The van der Waals surface area contributed by atoms with Crippen LogP contribution in [0.3, 0.4) is 0 Å². The van der Waals surface area contributed by atoms with E-state index >= 15 is 0 Å². The van der Waals surface area contributed by atoms with Gasteiger partial charge in [0.15, 0.2) is 0 Å². The Labute approximate surface area is 115 Å². The highest BCUT2D eigenvalue weighted by Crippen LogP contribution is 2.22. The smallest absolute Gasteiger partial charge is 0.225 e. The highest BCUT2D eigenvalue weighted by molar-refractivity contribution is 5.93. The van der Waals surface area contributed by atoms with Crippen LogP contribution >= 0.6 is 0 Å². The summed E-state index contributed by atoms with van der Waals surface area (Å²) in [5, 5.41) is 2.87. The predicted octanol–water partition coefficient (Wildman–Crippen LogP) is 2.33. The summed E-state index contributed by atoms with van der Waals surface area (Å²) in [7, 11) is 0. The number of benzene rings is 1. The molecule has 1 fully saturated rings. The van der Waals surface area contributed by atoms with Crippen molar-refractivity contribution in [3.05, 3.63) is 24.3 Å². The van der Waals surface area contributed by atoms with Crippen molar-refractivity contribution in [3.8, 4) is 0 Å². The van der Waals surface area contributed by atoms with Crippen LogP contribution in [0.2, 0.25) is 0 Å². The molecule has 1 aliphatic heterocycles. The van der Waals surface area contributed by atoms with Crippen molar-refractivity contribution >= 4 is 17.3 Å². The van der Waals surface area contributed by atoms with Crippen LogP contribution in [-0.2, 0) is 4.79 Å². The highest BCUT2D eigenvalue weighted by atomic mass is 16.1. The largest absolute Gasteiger partial charge is 0.397 e. The van der Waals surface area contributed by atoms with Gasteiger partial charge in [0.1, 0.15) is 0 Å². The SMILES string of the molecule is CC1CC(C)N(CCC(=O)Nc2ccccc2N)C1. The monoisotopic (exact) mass is 261 g/mol. The van der Waals surface area contributed by atoms with Crippen molar-refractivity contribution in [3.63, 3.8) is 0 Å². The summed E-state index contributed by atoms with van der Waals surface area (Å²) in [6.45, 7) is 6.42. The van der Waals surface area contributed by atoms with E-state index in [4.69, 9.17) is 5.73 Å². The molecule has 0 saturated carbocycles. The average Bonchev–Trinajstić information content (AvgIpc) is 2.68. The van der Waals surface area contributed by atoms with Gasteiger partial charge in [0.05, 0.1) is 11.4 Å². The molecule has 104 valence electrons. The number of anilines is 2. The van der Waals surface area contributed by atoms with E-state index < -0.39 is 0 Å². The number of para-hydroxylation sites is 2. The molecule has 0 bridgehead atoms. The van der Waals surface area contributed by atoms with Crippen LogP contribution in [0.25, 0.3) is 0 Å². The fourth-order valence-electron chi connectivity index (χ4n) is 2.77. The molecule has 0 spiro atoms. The molecule has 2 atom stereocenters. The molecule has 1 saturated heterocycles. The number of hydrogen-bond acceptors (Lipinski definition) is 3. The van der Waals surface area contributed by atoms with Crippen molar-refractivity contribution in [2.24, 2.45) is 5.92 Å². The number of nitrogens with one attached hydrogen (secondary N) is 1. The van der Waals surface area contributed by atoms with Crippen LogP contribution < -0.4 is 11.1 Å². The van der Waals surface area contributed by atoms with E-state index in [9.17, 15) is 4.79 Å². The molecule has 0 aliphatic carbocycles. The van der Waals surface area contributed by atoms with Gasteiger partial charge in [-0.2, -0.15) is 0 Å². The second kappa shape index (κ2) is 6.06. The fraction of sp³-hybridized carbons (Fsp3) is 0.533. The summed E-state index contributed by atoms with van der Waals surface area (Å²) >= 11 is 0. The molecular weight excluding hydrogens is 238 g/mol. The number of nitrogens with two attached hydrogens (primary N) is 1. The van der Waals surface area contributed by atoms with Gasteiger partial charge in [-0.3, -0.25) is 9.69 Å². The van der Waals surface area contributed by atoms with Gasteiger partial charge in [0, 0.05) is 25.6 Å². The number of nitrogen functional groups attached to an aromatic ring is 1. The molecule has 2 unspecified atom stereocenters. The number of carbonyl (C=O) groups excluding carboxylic acids is 1. The van der Waals surface area contributed by atoms with Crippen molar-refractivity contribution in [1.82, 2.24) is 4.90 Å². The molecular formula is C15H23N3O. The number of hydrogen-bond donors (Lipinski definition) is 2. The summed E-state index contributed by atoms with van der Waals surface area (Å²) in [5.41, 5.74) is 7.12. The Morgan fingerprint density at radius 3 is 2.79 bits per heavy atom. The normalized spacial score (nSPS) is 23.5. The third-order valence-corrected chi connectivity index (χ3v) is 3.77. The molecule has 1 amide bonds. The second-order valence-corrected chi connectivity index (χ2v) is 5.57.